The van der Waals surface area contributed by atoms with Crippen molar-refractivity contribution >= 4 is 39.6 Å². The van der Waals surface area contributed by atoms with Crippen LogP contribution in [0, 0.1) is 15.3 Å². The number of anilines is 1. The van der Waals surface area contributed by atoms with Gasteiger partial charge < -0.3 is 10.3 Å². The minimum absolute atomic E-state index is 0.201. The van der Waals surface area contributed by atoms with Crippen LogP contribution < -0.4 is 5.73 Å². The van der Waals surface area contributed by atoms with Gasteiger partial charge >= 0.3 is 0 Å². The first-order valence-electron chi connectivity index (χ1n) is 6.70. The Morgan fingerprint density at radius 2 is 2.11 bits per heavy atom. The third kappa shape index (κ3) is 2.22. The molecule has 5 heteroatoms. The maximum absolute atomic E-state index is 13.8. The van der Waals surface area contributed by atoms with E-state index < -0.39 is 0 Å². The quantitative estimate of drug-likeness (QED) is 0.806. The Balaban J connectivity index is 2.11. The number of nitrogen functional groups attached to an aromatic ring is 1. The number of hydrogen-bond donors (Lipinski definition) is 1. The highest BCUT2D eigenvalue weighted by molar-refractivity contribution is 14.1. The molecule has 0 bridgehead atoms. The molecule has 0 aliphatic heterocycles. The normalized spacial score (nSPS) is 18.3. The summed E-state index contributed by atoms with van der Waals surface area (Å²) in [5.74, 6) is 0.922. The number of nitrogens with zero attached hydrogens (tertiary/aromatic N) is 2. The highest BCUT2D eigenvalue weighted by Gasteiger charge is 2.25. The average molecular weight is 373 g/mol. The number of aromatic nitrogens is 2. The van der Waals surface area contributed by atoms with Crippen molar-refractivity contribution in [1.29, 1.82) is 0 Å². The molecular weight excluding hydrogens is 356 g/mol. The van der Waals surface area contributed by atoms with Crippen LogP contribution in [0.4, 0.5) is 10.3 Å². The lowest BCUT2D eigenvalue weighted by Crippen LogP contribution is -2.16. The molecule has 1 aromatic heterocycles. The Labute approximate surface area is 125 Å². The van der Waals surface area contributed by atoms with Crippen molar-refractivity contribution in [1.82, 2.24) is 9.55 Å². The molecule has 0 amide bonds. The SMILES string of the molecule is CC(C1CCCC1)n1c(N)nc2cc(I)c(F)cc21. The third-order valence-electron chi connectivity index (χ3n) is 4.25. The Bertz CT molecular complexity index is 617. The van der Waals surface area contributed by atoms with Crippen molar-refractivity contribution in [2.45, 2.75) is 38.6 Å². The number of fused-ring (bicyclic) bond motifs is 1. The minimum atomic E-state index is -0.201. The number of nitrogens with two attached hydrogens (primary N) is 1. The molecule has 3 rings (SSSR count). The molecule has 0 spiro atoms. The highest BCUT2D eigenvalue weighted by Crippen LogP contribution is 2.37. The second-order valence-electron chi connectivity index (χ2n) is 5.38. The van der Waals surface area contributed by atoms with Gasteiger partial charge in [0.2, 0.25) is 5.95 Å². The van der Waals surface area contributed by atoms with Gasteiger partial charge in [-0.15, -0.1) is 0 Å². The summed E-state index contributed by atoms with van der Waals surface area (Å²) in [6.45, 7) is 2.17. The minimum Gasteiger partial charge on any atom is -0.369 e. The zero-order valence-corrected chi connectivity index (χ0v) is 13.0. The Hall–Kier alpha value is -0.850. The van der Waals surface area contributed by atoms with E-state index in [-0.39, 0.29) is 11.9 Å². The molecule has 1 atom stereocenters. The summed E-state index contributed by atoms with van der Waals surface area (Å²) in [4.78, 5) is 4.38. The van der Waals surface area contributed by atoms with Gasteiger partial charge in [-0.25, -0.2) is 9.37 Å². The van der Waals surface area contributed by atoms with Gasteiger partial charge in [0.25, 0.3) is 0 Å². The standard InChI is InChI=1S/C14H17FIN3/c1-8(9-4-2-3-5-9)19-13-6-10(15)11(16)7-12(13)18-14(19)17/h6-9H,2-5H2,1H3,(H2,17,18). The lowest BCUT2D eigenvalue weighted by molar-refractivity contribution is 0.371. The van der Waals surface area contributed by atoms with Crippen LogP contribution in [0.3, 0.4) is 0 Å². The molecule has 2 N–H and O–H groups in total. The first-order chi connectivity index (χ1) is 9.08. The van der Waals surface area contributed by atoms with Crippen molar-refractivity contribution < 1.29 is 4.39 Å². The first-order valence-corrected chi connectivity index (χ1v) is 7.78. The van der Waals surface area contributed by atoms with Crippen molar-refractivity contribution in [2.75, 3.05) is 5.73 Å². The summed E-state index contributed by atoms with van der Waals surface area (Å²) in [7, 11) is 0. The van der Waals surface area contributed by atoms with Crippen LogP contribution in [-0.4, -0.2) is 9.55 Å². The fourth-order valence-corrected chi connectivity index (χ4v) is 3.64. The highest BCUT2D eigenvalue weighted by atomic mass is 127. The van der Waals surface area contributed by atoms with Crippen LogP contribution in [0.15, 0.2) is 12.1 Å². The van der Waals surface area contributed by atoms with E-state index in [0.29, 0.717) is 15.4 Å². The Morgan fingerprint density at radius 3 is 2.79 bits per heavy atom. The fraction of sp³-hybridized carbons (Fsp3) is 0.500. The van der Waals surface area contributed by atoms with Crippen LogP contribution in [0.2, 0.25) is 0 Å². The van der Waals surface area contributed by atoms with E-state index in [4.69, 9.17) is 5.73 Å². The predicted molar refractivity (Wildman–Crippen MR) is 83.5 cm³/mol. The Kier molecular flexibility index (Phi) is 3.41. The second-order valence-corrected chi connectivity index (χ2v) is 6.54. The van der Waals surface area contributed by atoms with Gasteiger partial charge in [-0.3, -0.25) is 0 Å². The number of hydrogen-bond acceptors (Lipinski definition) is 2. The van der Waals surface area contributed by atoms with Crippen molar-refractivity contribution in [3.05, 3.63) is 21.5 Å². The predicted octanol–water partition coefficient (Wildman–Crippen LogP) is 4.11. The molecule has 1 saturated carbocycles. The fourth-order valence-electron chi connectivity index (χ4n) is 3.19. The van der Waals surface area contributed by atoms with Gasteiger partial charge in [-0.2, -0.15) is 0 Å². The lowest BCUT2D eigenvalue weighted by atomic mass is 9.99. The van der Waals surface area contributed by atoms with Crippen molar-refractivity contribution in [3.63, 3.8) is 0 Å². The zero-order valence-electron chi connectivity index (χ0n) is 10.9. The van der Waals surface area contributed by atoms with Gasteiger partial charge in [0.15, 0.2) is 0 Å². The summed E-state index contributed by atoms with van der Waals surface area (Å²) in [6, 6.07) is 3.61. The molecule has 0 saturated heterocycles. The first kappa shape index (κ1) is 13.1. The molecule has 2 aromatic rings. The molecule has 1 aliphatic carbocycles. The molecule has 1 aliphatic rings. The van der Waals surface area contributed by atoms with E-state index in [2.05, 4.69) is 11.9 Å². The summed E-state index contributed by atoms with van der Waals surface area (Å²) in [6.07, 6.45) is 5.03. The molecular formula is C14H17FIN3. The topological polar surface area (TPSA) is 43.8 Å². The Morgan fingerprint density at radius 1 is 1.42 bits per heavy atom. The average Bonchev–Trinajstić information content (AvgIpc) is 2.97. The molecule has 19 heavy (non-hydrogen) atoms. The van der Waals surface area contributed by atoms with E-state index in [1.54, 1.807) is 12.1 Å². The maximum atomic E-state index is 13.8. The van der Waals surface area contributed by atoms with Gasteiger partial charge in [0, 0.05) is 12.1 Å². The molecule has 1 fully saturated rings. The maximum Gasteiger partial charge on any atom is 0.201 e. The van der Waals surface area contributed by atoms with Gasteiger partial charge in [-0.1, -0.05) is 12.8 Å². The monoisotopic (exact) mass is 373 g/mol. The lowest BCUT2D eigenvalue weighted by Gasteiger charge is -2.22. The summed E-state index contributed by atoms with van der Waals surface area (Å²) < 4.78 is 16.4. The van der Waals surface area contributed by atoms with Crippen LogP contribution in [0.1, 0.15) is 38.6 Å². The van der Waals surface area contributed by atoms with E-state index in [1.807, 2.05) is 27.2 Å². The third-order valence-corrected chi connectivity index (χ3v) is 5.07. The smallest absolute Gasteiger partial charge is 0.201 e. The summed E-state index contributed by atoms with van der Waals surface area (Å²) in [5, 5.41) is 0. The molecule has 3 nitrogen and oxygen atoms in total. The molecule has 1 heterocycles. The van der Waals surface area contributed by atoms with Gasteiger partial charge in [0.05, 0.1) is 14.6 Å². The van der Waals surface area contributed by atoms with Gasteiger partial charge in [0.1, 0.15) is 5.82 Å². The van der Waals surface area contributed by atoms with Crippen molar-refractivity contribution in [3.8, 4) is 0 Å². The molecule has 1 unspecified atom stereocenters. The van der Waals surface area contributed by atoms with Crippen LogP contribution in [0.25, 0.3) is 11.0 Å². The molecule has 1 aromatic carbocycles. The number of imidazole rings is 1. The zero-order chi connectivity index (χ0) is 13.6. The number of halogens is 2. The van der Waals surface area contributed by atoms with Gasteiger partial charge in [-0.05, 0) is 54.3 Å². The van der Waals surface area contributed by atoms with Crippen molar-refractivity contribution in [2.24, 2.45) is 5.92 Å². The second kappa shape index (κ2) is 4.92. The van der Waals surface area contributed by atoms with E-state index in [9.17, 15) is 4.39 Å². The van der Waals surface area contributed by atoms with Crippen LogP contribution >= 0.6 is 22.6 Å². The number of benzene rings is 1. The van der Waals surface area contributed by atoms with Crippen LogP contribution in [-0.2, 0) is 0 Å². The molecule has 0 radical (unpaired) electrons. The summed E-state index contributed by atoms with van der Waals surface area (Å²) >= 11 is 1.98. The van der Waals surface area contributed by atoms with E-state index in [0.717, 1.165) is 11.0 Å². The van der Waals surface area contributed by atoms with Crippen LogP contribution in [0.5, 0.6) is 0 Å². The van der Waals surface area contributed by atoms with E-state index >= 15 is 0 Å². The largest absolute Gasteiger partial charge is 0.369 e. The summed E-state index contributed by atoms with van der Waals surface area (Å²) in [5.41, 5.74) is 7.65. The number of rotatable bonds is 2. The van der Waals surface area contributed by atoms with E-state index in [1.165, 1.54) is 25.7 Å². The molecule has 102 valence electrons.